The summed E-state index contributed by atoms with van der Waals surface area (Å²) in [5, 5.41) is 10.8. The highest BCUT2D eigenvalue weighted by molar-refractivity contribution is 5.82. The molecule has 2 atom stereocenters. The second-order valence-electron chi connectivity index (χ2n) is 5.44. The molecule has 1 amide bonds. The van der Waals surface area contributed by atoms with Crippen molar-refractivity contribution in [2.75, 3.05) is 6.54 Å². The molecule has 0 radical (unpaired) electrons. The van der Waals surface area contributed by atoms with Gasteiger partial charge in [-0.1, -0.05) is 30.3 Å². The Morgan fingerprint density at radius 1 is 1.36 bits per heavy atom. The first-order valence-corrected chi connectivity index (χ1v) is 7.40. The number of aromatic nitrogens is 3. The van der Waals surface area contributed by atoms with Crippen molar-refractivity contribution < 1.29 is 4.79 Å². The number of amides is 1. The highest BCUT2D eigenvalue weighted by Crippen LogP contribution is 2.21. The number of benzene rings is 1. The first kappa shape index (κ1) is 14.7. The van der Waals surface area contributed by atoms with Crippen molar-refractivity contribution >= 4 is 5.91 Å². The van der Waals surface area contributed by atoms with Crippen LogP contribution in [0.4, 0.5) is 0 Å². The smallest absolute Gasteiger partial charge is 0.238 e. The Hall–Kier alpha value is -2.25. The number of carbonyl (C=O) groups is 1. The second kappa shape index (κ2) is 6.67. The lowest BCUT2D eigenvalue weighted by atomic mass is 10.0. The van der Waals surface area contributed by atoms with Gasteiger partial charge in [0.15, 0.2) is 0 Å². The van der Waals surface area contributed by atoms with E-state index in [1.807, 2.05) is 29.8 Å². The van der Waals surface area contributed by atoms with E-state index < -0.39 is 0 Å². The lowest BCUT2D eigenvalue weighted by molar-refractivity contribution is -0.122. The van der Waals surface area contributed by atoms with Gasteiger partial charge in [0.25, 0.3) is 0 Å². The minimum Gasteiger partial charge on any atom is -0.354 e. The van der Waals surface area contributed by atoms with Crippen molar-refractivity contribution in [1.29, 1.82) is 0 Å². The van der Waals surface area contributed by atoms with Crippen molar-refractivity contribution in [2.24, 2.45) is 7.05 Å². The van der Waals surface area contributed by atoms with E-state index in [2.05, 4.69) is 38.5 Å². The predicted molar refractivity (Wildman–Crippen MR) is 81.6 cm³/mol. The summed E-state index contributed by atoms with van der Waals surface area (Å²) >= 11 is 0. The van der Waals surface area contributed by atoms with Crippen molar-refractivity contribution in [1.82, 2.24) is 30.9 Å². The minimum absolute atomic E-state index is 0.00750. The van der Waals surface area contributed by atoms with Crippen LogP contribution in [0.5, 0.6) is 0 Å². The Morgan fingerprint density at radius 2 is 2.18 bits per heavy atom. The van der Waals surface area contributed by atoms with Crippen molar-refractivity contribution in [3.63, 3.8) is 0 Å². The molecule has 3 rings (SSSR count). The number of hydrazine groups is 1. The van der Waals surface area contributed by atoms with Crippen molar-refractivity contribution in [3.8, 4) is 0 Å². The van der Waals surface area contributed by atoms with Gasteiger partial charge in [-0.2, -0.15) is 0 Å². The fourth-order valence-electron chi connectivity index (χ4n) is 2.59. The van der Waals surface area contributed by atoms with Crippen LogP contribution in [0.2, 0.25) is 0 Å². The summed E-state index contributed by atoms with van der Waals surface area (Å²) in [6, 6.07) is 10.1. The van der Waals surface area contributed by atoms with Crippen LogP contribution >= 0.6 is 0 Å². The van der Waals surface area contributed by atoms with Gasteiger partial charge in [0.1, 0.15) is 18.2 Å². The van der Waals surface area contributed by atoms with Gasteiger partial charge in [-0.3, -0.25) is 4.79 Å². The summed E-state index contributed by atoms with van der Waals surface area (Å²) in [6.45, 7) is 0.555. The van der Waals surface area contributed by atoms with Crippen LogP contribution in [0.25, 0.3) is 0 Å². The minimum atomic E-state index is -0.218. The van der Waals surface area contributed by atoms with E-state index in [1.54, 1.807) is 6.33 Å². The molecule has 1 aliphatic rings. The predicted octanol–water partition coefficient (Wildman–Crippen LogP) is 0.0816. The number of aryl methyl sites for hydroxylation is 1. The van der Waals surface area contributed by atoms with E-state index in [4.69, 9.17) is 0 Å². The topological polar surface area (TPSA) is 83.9 Å². The lowest BCUT2D eigenvalue weighted by Crippen LogP contribution is -2.43. The first-order chi connectivity index (χ1) is 10.7. The summed E-state index contributed by atoms with van der Waals surface area (Å²) in [7, 11) is 1.89. The third-order valence-corrected chi connectivity index (χ3v) is 3.87. The highest BCUT2D eigenvalue weighted by Gasteiger charge is 2.29. The average Bonchev–Trinajstić information content (AvgIpc) is 3.18. The molecule has 1 aromatic heterocycles. The summed E-state index contributed by atoms with van der Waals surface area (Å²) < 4.78 is 1.85. The van der Waals surface area contributed by atoms with Gasteiger partial charge >= 0.3 is 0 Å². The standard InChI is InChI=1S/C15H20N6O/c1-21-10-17-20-14(21)7-8-16-15(22)13-9-12(18-19-13)11-5-3-2-4-6-11/h2-6,10,12-13,18-19H,7-9H2,1H3,(H,16,22). The number of nitrogens with zero attached hydrogens (tertiary/aromatic N) is 3. The summed E-state index contributed by atoms with van der Waals surface area (Å²) in [4.78, 5) is 12.2. The molecule has 2 unspecified atom stereocenters. The quantitative estimate of drug-likeness (QED) is 0.728. The fourth-order valence-corrected chi connectivity index (χ4v) is 2.59. The molecule has 1 saturated heterocycles. The second-order valence-corrected chi connectivity index (χ2v) is 5.44. The van der Waals surface area contributed by atoms with Gasteiger partial charge in [0, 0.05) is 26.1 Å². The molecule has 0 aliphatic carbocycles. The van der Waals surface area contributed by atoms with E-state index >= 15 is 0 Å². The van der Waals surface area contributed by atoms with Crippen molar-refractivity contribution in [3.05, 3.63) is 48.0 Å². The van der Waals surface area contributed by atoms with Gasteiger partial charge in [-0.15, -0.1) is 10.2 Å². The Kier molecular flexibility index (Phi) is 4.45. The molecule has 7 nitrogen and oxygen atoms in total. The number of rotatable bonds is 5. The number of hydrogen-bond acceptors (Lipinski definition) is 5. The maximum absolute atomic E-state index is 12.2. The summed E-state index contributed by atoms with van der Waals surface area (Å²) in [5.74, 6) is 0.869. The number of carbonyl (C=O) groups excluding carboxylic acids is 1. The van der Waals surface area contributed by atoms with Crippen LogP contribution in [0.3, 0.4) is 0 Å². The van der Waals surface area contributed by atoms with Crippen LogP contribution in [-0.4, -0.2) is 33.3 Å². The average molecular weight is 300 g/mol. The molecular formula is C15H20N6O. The van der Waals surface area contributed by atoms with E-state index in [0.29, 0.717) is 13.0 Å². The molecule has 7 heteroatoms. The normalized spacial score (nSPS) is 21.0. The molecule has 22 heavy (non-hydrogen) atoms. The molecule has 2 aromatic rings. The SMILES string of the molecule is Cn1cnnc1CCNC(=O)C1CC(c2ccccc2)NN1. The van der Waals surface area contributed by atoms with E-state index in [0.717, 1.165) is 12.2 Å². The maximum Gasteiger partial charge on any atom is 0.238 e. The Morgan fingerprint density at radius 3 is 2.91 bits per heavy atom. The Bertz CT molecular complexity index is 626. The number of nitrogens with one attached hydrogen (secondary N) is 3. The lowest BCUT2D eigenvalue weighted by Gasteiger charge is -2.10. The van der Waals surface area contributed by atoms with E-state index in [-0.39, 0.29) is 18.0 Å². The zero-order valence-electron chi connectivity index (χ0n) is 12.5. The van der Waals surface area contributed by atoms with Crippen molar-refractivity contribution in [2.45, 2.75) is 24.9 Å². The Labute approximate surface area is 129 Å². The molecule has 3 N–H and O–H groups in total. The third-order valence-electron chi connectivity index (χ3n) is 3.87. The van der Waals surface area contributed by atoms with Gasteiger partial charge < -0.3 is 9.88 Å². The number of hydrogen-bond donors (Lipinski definition) is 3. The van der Waals surface area contributed by atoms with Crippen LogP contribution in [0.15, 0.2) is 36.7 Å². The Balaban J connectivity index is 1.46. The van der Waals surface area contributed by atoms with Gasteiger partial charge in [-0.25, -0.2) is 10.9 Å². The molecule has 0 bridgehead atoms. The molecule has 0 spiro atoms. The molecular weight excluding hydrogens is 280 g/mol. The van der Waals surface area contributed by atoms with Crippen LogP contribution in [-0.2, 0) is 18.3 Å². The van der Waals surface area contributed by atoms with Crippen LogP contribution in [0, 0.1) is 0 Å². The zero-order valence-corrected chi connectivity index (χ0v) is 12.5. The van der Waals surface area contributed by atoms with Crippen LogP contribution in [0.1, 0.15) is 23.9 Å². The summed E-state index contributed by atoms with van der Waals surface area (Å²) in [6.07, 6.45) is 3.06. The third kappa shape index (κ3) is 3.32. The highest BCUT2D eigenvalue weighted by atomic mass is 16.2. The van der Waals surface area contributed by atoms with Gasteiger partial charge in [0.05, 0.1) is 0 Å². The first-order valence-electron chi connectivity index (χ1n) is 7.40. The molecule has 2 heterocycles. The van der Waals surface area contributed by atoms with E-state index in [9.17, 15) is 4.79 Å². The van der Waals surface area contributed by atoms with Gasteiger partial charge in [-0.05, 0) is 12.0 Å². The molecule has 116 valence electrons. The van der Waals surface area contributed by atoms with E-state index in [1.165, 1.54) is 5.56 Å². The molecule has 1 aromatic carbocycles. The zero-order chi connectivity index (χ0) is 15.4. The monoisotopic (exact) mass is 300 g/mol. The van der Waals surface area contributed by atoms with Gasteiger partial charge in [0.2, 0.25) is 5.91 Å². The maximum atomic E-state index is 12.2. The molecule has 1 fully saturated rings. The largest absolute Gasteiger partial charge is 0.354 e. The van der Waals surface area contributed by atoms with Crippen LogP contribution < -0.4 is 16.2 Å². The molecule has 1 aliphatic heterocycles. The fraction of sp³-hybridized carbons (Fsp3) is 0.400. The molecule has 0 saturated carbocycles. The summed E-state index contributed by atoms with van der Waals surface area (Å²) in [5.41, 5.74) is 7.43.